The first kappa shape index (κ1) is 14.5. The van der Waals surface area contributed by atoms with Gasteiger partial charge in [-0.05, 0) is 53.5 Å². The summed E-state index contributed by atoms with van der Waals surface area (Å²) in [4.78, 5) is 23.3. The molecule has 0 spiro atoms. The summed E-state index contributed by atoms with van der Waals surface area (Å²) in [7, 11) is 0. The van der Waals surface area contributed by atoms with E-state index in [1.54, 1.807) is 24.3 Å². The quantitative estimate of drug-likeness (QED) is 0.864. The zero-order valence-electron chi connectivity index (χ0n) is 12.3. The Hall–Kier alpha value is -2.44. The van der Waals surface area contributed by atoms with Crippen LogP contribution in [0.15, 0.2) is 29.1 Å². The van der Waals surface area contributed by atoms with E-state index in [-0.39, 0.29) is 5.69 Å². The van der Waals surface area contributed by atoms with E-state index in [0.29, 0.717) is 17.8 Å². The number of aryl methyl sites for hydroxylation is 1. The van der Waals surface area contributed by atoms with Gasteiger partial charge in [-0.2, -0.15) is 9.36 Å². The number of nitrogens with zero attached hydrogens (tertiary/aromatic N) is 4. The third-order valence-electron chi connectivity index (χ3n) is 4.24. The Labute approximate surface area is 127 Å². The summed E-state index contributed by atoms with van der Waals surface area (Å²) in [6.45, 7) is 0.592. The number of amides is 1. The molecule has 0 saturated heterocycles. The van der Waals surface area contributed by atoms with Gasteiger partial charge in [-0.3, -0.25) is 4.79 Å². The Balaban J connectivity index is 1.69. The van der Waals surface area contributed by atoms with Gasteiger partial charge >= 0.3 is 5.69 Å². The van der Waals surface area contributed by atoms with Crippen molar-refractivity contribution in [1.82, 2.24) is 19.8 Å². The topological polar surface area (TPSA) is 95.8 Å². The molecule has 3 rings (SSSR count). The van der Waals surface area contributed by atoms with Gasteiger partial charge in [0.15, 0.2) is 0 Å². The van der Waals surface area contributed by atoms with Crippen LogP contribution < -0.4 is 11.4 Å². The van der Waals surface area contributed by atoms with Crippen LogP contribution in [-0.4, -0.2) is 25.7 Å². The Bertz CT molecular complexity index is 712. The lowest BCUT2D eigenvalue weighted by atomic mass is 9.82. The Morgan fingerprint density at radius 2 is 1.95 bits per heavy atom. The van der Waals surface area contributed by atoms with Crippen LogP contribution in [0, 0.1) is 5.92 Å². The summed E-state index contributed by atoms with van der Waals surface area (Å²) in [5, 5.41) is 7.81. The minimum absolute atomic E-state index is 0.263. The molecular weight excluding hydrogens is 282 g/mol. The number of rotatable bonds is 6. The van der Waals surface area contributed by atoms with Crippen LogP contribution in [0.1, 0.15) is 42.5 Å². The molecule has 0 unspecified atom stereocenters. The second-order valence-corrected chi connectivity index (χ2v) is 5.75. The van der Waals surface area contributed by atoms with Crippen molar-refractivity contribution in [2.45, 2.75) is 38.6 Å². The van der Waals surface area contributed by atoms with E-state index in [1.165, 1.54) is 28.6 Å². The summed E-state index contributed by atoms with van der Waals surface area (Å²) in [6.07, 6.45) is 6.06. The normalized spacial score (nSPS) is 14.7. The van der Waals surface area contributed by atoms with E-state index in [2.05, 4.69) is 10.4 Å². The number of carbonyl (C=O) groups excluding carboxylic acids is 1. The van der Waals surface area contributed by atoms with Gasteiger partial charge in [0, 0.05) is 12.1 Å². The van der Waals surface area contributed by atoms with Crippen molar-refractivity contribution in [3.8, 4) is 5.69 Å². The SMILES string of the molecule is NC(=O)c1ccc(-n2nnn(CCCC3CCC3)c2=O)cc1. The highest BCUT2D eigenvalue weighted by Crippen LogP contribution is 2.30. The van der Waals surface area contributed by atoms with Crippen LogP contribution in [0.3, 0.4) is 0 Å². The Morgan fingerprint density at radius 1 is 1.23 bits per heavy atom. The predicted octanol–water partition coefficient (Wildman–Crippen LogP) is 1.11. The standard InChI is InChI=1S/C15H19N5O2/c16-14(21)12-6-8-13(9-7-12)20-15(22)19(17-18-20)10-2-5-11-3-1-4-11/h6-9,11H,1-5,10H2,(H2,16,21). The highest BCUT2D eigenvalue weighted by molar-refractivity contribution is 5.92. The lowest BCUT2D eigenvalue weighted by Gasteiger charge is -2.24. The van der Waals surface area contributed by atoms with Crippen molar-refractivity contribution in [1.29, 1.82) is 0 Å². The largest absolute Gasteiger partial charge is 0.368 e. The lowest BCUT2D eigenvalue weighted by Crippen LogP contribution is -2.25. The van der Waals surface area contributed by atoms with E-state index < -0.39 is 5.91 Å². The van der Waals surface area contributed by atoms with Crippen LogP contribution in [0.25, 0.3) is 5.69 Å². The van der Waals surface area contributed by atoms with Crippen molar-refractivity contribution < 1.29 is 4.79 Å². The second kappa shape index (κ2) is 6.13. The molecule has 7 nitrogen and oxygen atoms in total. The molecule has 1 amide bonds. The van der Waals surface area contributed by atoms with Crippen LogP contribution in [-0.2, 0) is 6.54 Å². The van der Waals surface area contributed by atoms with Gasteiger partial charge in [0.25, 0.3) is 0 Å². The number of primary amides is 1. The number of hydrogen-bond donors (Lipinski definition) is 1. The minimum atomic E-state index is -0.501. The molecule has 1 aliphatic rings. The van der Waals surface area contributed by atoms with E-state index in [1.807, 2.05) is 0 Å². The molecular formula is C15H19N5O2. The molecule has 1 aliphatic carbocycles. The number of hydrogen-bond acceptors (Lipinski definition) is 4. The summed E-state index contributed by atoms with van der Waals surface area (Å²) in [5.41, 5.74) is 5.89. The molecule has 0 radical (unpaired) electrons. The van der Waals surface area contributed by atoms with Crippen LogP contribution in [0.2, 0.25) is 0 Å². The smallest absolute Gasteiger partial charge is 0.366 e. The maximum absolute atomic E-state index is 12.3. The van der Waals surface area contributed by atoms with Gasteiger partial charge in [-0.15, -0.1) is 0 Å². The average molecular weight is 301 g/mol. The van der Waals surface area contributed by atoms with Crippen molar-refractivity contribution in [2.24, 2.45) is 11.7 Å². The summed E-state index contributed by atoms with van der Waals surface area (Å²) in [6, 6.07) is 6.41. The fourth-order valence-electron chi connectivity index (χ4n) is 2.65. The van der Waals surface area contributed by atoms with E-state index >= 15 is 0 Å². The molecule has 116 valence electrons. The number of carbonyl (C=O) groups is 1. The number of tetrazole rings is 1. The molecule has 1 aromatic heterocycles. The molecule has 0 bridgehead atoms. The summed E-state index contributed by atoms with van der Waals surface area (Å²) >= 11 is 0. The third-order valence-corrected chi connectivity index (χ3v) is 4.24. The van der Waals surface area contributed by atoms with Gasteiger partial charge in [-0.25, -0.2) is 4.79 Å². The lowest BCUT2D eigenvalue weighted by molar-refractivity contribution is 0.100. The molecule has 7 heteroatoms. The van der Waals surface area contributed by atoms with Crippen molar-refractivity contribution in [3.05, 3.63) is 40.3 Å². The van der Waals surface area contributed by atoms with Gasteiger partial charge in [0.1, 0.15) is 0 Å². The van der Waals surface area contributed by atoms with E-state index in [4.69, 9.17) is 5.73 Å². The fraction of sp³-hybridized carbons (Fsp3) is 0.467. The van der Waals surface area contributed by atoms with Gasteiger partial charge in [0.2, 0.25) is 5.91 Å². The first-order valence-corrected chi connectivity index (χ1v) is 7.58. The van der Waals surface area contributed by atoms with Gasteiger partial charge < -0.3 is 5.73 Å². The first-order chi connectivity index (χ1) is 10.6. The van der Waals surface area contributed by atoms with E-state index in [0.717, 1.165) is 18.8 Å². The molecule has 1 heterocycles. The van der Waals surface area contributed by atoms with Crippen LogP contribution >= 0.6 is 0 Å². The predicted molar refractivity (Wildman–Crippen MR) is 80.7 cm³/mol. The number of aromatic nitrogens is 4. The summed E-state index contributed by atoms with van der Waals surface area (Å²) in [5.74, 6) is 0.325. The third kappa shape index (κ3) is 2.93. The van der Waals surface area contributed by atoms with Gasteiger partial charge in [0.05, 0.1) is 5.69 Å². The Morgan fingerprint density at radius 3 is 2.55 bits per heavy atom. The van der Waals surface area contributed by atoms with Crippen molar-refractivity contribution >= 4 is 5.91 Å². The molecule has 1 saturated carbocycles. The number of benzene rings is 1. The fourth-order valence-corrected chi connectivity index (χ4v) is 2.65. The minimum Gasteiger partial charge on any atom is -0.366 e. The average Bonchev–Trinajstić information content (AvgIpc) is 2.83. The molecule has 2 N–H and O–H groups in total. The first-order valence-electron chi connectivity index (χ1n) is 7.58. The van der Waals surface area contributed by atoms with Gasteiger partial charge in [-0.1, -0.05) is 19.3 Å². The highest BCUT2D eigenvalue weighted by atomic mass is 16.2. The van der Waals surface area contributed by atoms with Crippen molar-refractivity contribution in [3.63, 3.8) is 0 Å². The van der Waals surface area contributed by atoms with Crippen molar-refractivity contribution in [2.75, 3.05) is 0 Å². The summed E-state index contributed by atoms with van der Waals surface area (Å²) < 4.78 is 2.62. The zero-order valence-corrected chi connectivity index (χ0v) is 12.3. The molecule has 1 fully saturated rings. The zero-order chi connectivity index (χ0) is 15.5. The monoisotopic (exact) mass is 301 g/mol. The molecule has 2 aromatic rings. The van der Waals surface area contributed by atoms with Crippen LogP contribution in [0.4, 0.5) is 0 Å². The molecule has 0 aliphatic heterocycles. The molecule has 1 aromatic carbocycles. The van der Waals surface area contributed by atoms with Crippen LogP contribution in [0.5, 0.6) is 0 Å². The molecule has 0 atom stereocenters. The Kier molecular flexibility index (Phi) is 4.04. The maximum Gasteiger partial charge on any atom is 0.368 e. The molecule has 22 heavy (non-hydrogen) atoms. The highest BCUT2D eigenvalue weighted by Gasteiger charge is 2.17. The van der Waals surface area contributed by atoms with E-state index in [9.17, 15) is 9.59 Å². The number of nitrogens with two attached hydrogens (primary N) is 1. The second-order valence-electron chi connectivity index (χ2n) is 5.75. The maximum atomic E-state index is 12.3.